The average molecular weight is 286 g/mol. The molecule has 0 bridgehead atoms. The van der Waals surface area contributed by atoms with Crippen molar-refractivity contribution in [1.29, 1.82) is 0 Å². The first-order valence-electron chi connectivity index (χ1n) is 5.29. The van der Waals surface area contributed by atoms with Crippen LogP contribution in [0.2, 0.25) is 10.0 Å². The first-order chi connectivity index (χ1) is 8.13. The summed E-state index contributed by atoms with van der Waals surface area (Å²) in [6.07, 6.45) is 0. The maximum absolute atomic E-state index is 6.29. The molecule has 0 amide bonds. The quantitative estimate of drug-likeness (QED) is 0.864. The summed E-state index contributed by atoms with van der Waals surface area (Å²) in [6, 6.07) is 8.05. The molecule has 0 spiro atoms. The fourth-order valence-electron chi connectivity index (χ4n) is 1.81. The summed E-state index contributed by atoms with van der Waals surface area (Å²) < 4.78 is 0. The molecule has 1 aromatic heterocycles. The van der Waals surface area contributed by atoms with Gasteiger partial charge in [0.1, 0.15) is 0 Å². The van der Waals surface area contributed by atoms with Gasteiger partial charge in [0.05, 0.1) is 11.1 Å². The van der Waals surface area contributed by atoms with Crippen LogP contribution in [-0.2, 0) is 0 Å². The summed E-state index contributed by atoms with van der Waals surface area (Å²) in [6.45, 7) is 2.03. The molecule has 1 N–H and O–H groups in total. The zero-order valence-electron chi connectivity index (χ0n) is 9.63. The lowest BCUT2D eigenvalue weighted by atomic mass is 10.0. The van der Waals surface area contributed by atoms with Gasteiger partial charge in [0.25, 0.3) is 0 Å². The van der Waals surface area contributed by atoms with Crippen molar-refractivity contribution in [3.8, 4) is 0 Å². The van der Waals surface area contributed by atoms with Gasteiger partial charge < -0.3 is 5.32 Å². The summed E-state index contributed by atoms with van der Waals surface area (Å²) in [7, 11) is 1.91. The van der Waals surface area contributed by atoms with Gasteiger partial charge in [-0.1, -0.05) is 35.3 Å². The van der Waals surface area contributed by atoms with E-state index in [1.54, 1.807) is 11.3 Å². The summed E-state index contributed by atoms with van der Waals surface area (Å²) in [5.41, 5.74) is 2.22. The van der Waals surface area contributed by atoms with Crippen LogP contribution in [-0.4, -0.2) is 7.05 Å². The van der Waals surface area contributed by atoms with Crippen LogP contribution in [0.1, 0.15) is 22.0 Å². The highest BCUT2D eigenvalue weighted by Gasteiger charge is 2.18. The van der Waals surface area contributed by atoms with Crippen molar-refractivity contribution in [2.45, 2.75) is 13.0 Å². The molecule has 1 atom stereocenters. The SMILES string of the molecule is CNC(c1ccc(C)cc1Cl)c1sccc1Cl. The molecule has 0 saturated heterocycles. The normalized spacial score (nSPS) is 12.7. The first kappa shape index (κ1) is 12.9. The van der Waals surface area contributed by atoms with E-state index >= 15 is 0 Å². The minimum Gasteiger partial charge on any atom is -0.309 e. The summed E-state index contributed by atoms with van der Waals surface area (Å²) >= 11 is 14.1. The van der Waals surface area contributed by atoms with E-state index in [1.807, 2.05) is 31.5 Å². The molecule has 1 unspecified atom stereocenters. The second-order valence-corrected chi connectivity index (χ2v) is 5.64. The van der Waals surface area contributed by atoms with Crippen molar-refractivity contribution >= 4 is 34.5 Å². The molecule has 2 rings (SSSR count). The molecule has 0 aliphatic heterocycles. The lowest BCUT2D eigenvalue weighted by Crippen LogP contribution is -2.17. The third-order valence-electron chi connectivity index (χ3n) is 2.66. The molecule has 0 aliphatic rings. The number of rotatable bonds is 3. The third kappa shape index (κ3) is 2.66. The van der Waals surface area contributed by atoms with E-state index in [0.29, 0.717) is 0 Å². The number of aryl methyl sites for hydroxylation is 1. The Morgan fingerprint density at radius 2 is 1.94 bits per heavy atom. The zero-order valence-corrected chi connectivity index (χ0v) is 12.0. The summed E-state index contributed by atoms with van der Waals surface area (Å²) in [4.78, 5) is 1.10. The molecule has 17 heavy (non-hydrogen) atoms. The molecule has 90 valence electrons. The molecular weight excluding hydrogens is 273 g/mol. The van der Waals surface area contributed by atoms with E-state index in [-0.39, 0.29) is 6.04 Å². The van der Waals surface area contributed by atoms with E-state index < -0.39 is 0 Å². The van der Waals surface area contributed by atoms with Gasteiger partial charge >= 0.3 is 0 Å². The van der Waals surface area contributed by atoms with Gasteiger partial charge in [-0.3, -0.25) is 0 Å². The highest BCUT2D eigenvalue weighted by Crippen LogP contribution is 2.35. The lowest BCUT2D eigenvalue weighted by Gasteiger charge is -2.17. The first-order valence-corrected chi connectivity index (χ1v) is 6.93. The van der Waals surface area contributed by atoms with Gasteiger partial charge in [-0.15, -0.1) is 11.3 Å². The van der Waals surface area contributed by atoms with Crippen LogP contribution in [0.3, 0.4) is 0 Å². The number of hydrogen-bond donors (Lipinski definition) is 1. The fraction of sp³-hybridized carbons (Fsp3) is 0.231. The Balaban J connectivity index is 2.46. The molecule has 4 heteroatoms. The van der Waals surface area contributed by atoms with Gasteiger partial charge in [0.15, 0.2) is 0 Å². The van der Waals surface area contributed by atoms with Crippen molar-refractivity contribution < 1.29 is 0 Å². The van der Waals surface area contributed by atoms with Crippen LogP contribution >= 0.6 is 34.5 Å². The smallest absolute Gasteiger partial charge is 0.0698 e. The molecule has 1 heterocycles. The highest BCUT2D eigenvalue weighted by atomic mass is 35.5. The number of halogens is 2. The average Bonchev–Trinajstić information content (AvgIpc) is 2.69. The molecule has 2 aromatic rings. The van der Waals surface area contributed by atoms with Gasteiger partial charge in [-0.05, 0) is 42.6 Å². The van der Waals surface area contributed by atoms with Crippen LogP contribution in [0.5, 0.6) is 0 Å². The van der Waals surface area contributed by atoms with Gasteiger partial charge in [0.2, 0.25) is 0 Å². The van der Waals surface area contributed by atoms with Crippen molar-refractivity contribution in [2.75, 3.05) is 7.05 Å². The number of thiophene rings is 1. The van der Waals surface area contributed by atoms with Crippen LogP contribution in [0.25, 0.3) is 0 Å². The number of nitrogens with one attached hydrogen (secondary N) is 1. The lowest BCUT2D eigenvalue weighted by molar-refractivity contribution is 0.704. The van der Waals surface area contributed by atoms with Crippen LogP contribution in [0, 0.1) is 6.92 Å². The van der Waals surface area contributed by atoms with Gasteiger partial charge in [-0.2, -0.15) is 0 Å². The Morgan fingerprint density at radius 1 is 1.18 bits per heavy atom. The molecule has 0 saturated carbocycles. The van der Waals surface area contributed by atoms with E-state index in [4.69, 9.17) is 23.2 Å². The fourth-order valence-corrected chi connectivity index (χ4v) is 3.44. The maximum atomic E-state index is 6.29. The van der Waals surface area contributed by atoms with E-state index in [1.165, 1.54) is 0 Å². The Hall–Kier alpha value is -0.540. The van der Waals surface area contributed by atoms with Crippen LogP contribution < -0.4 is 5.32 Å². The predicted octanol–water partition coefficient (Wildman–Crippen LogP) is 4.67. The molecule has 0 radical (unpaired) electrons. The Morgan fingerprint density at radius 3 is 2.47 bits per heavy atom. The van der Waals surface area contributed by atoms with Crippen molar-refractivity contribution in [3.63, 3.8) is 0 Å². The second kappa shape index (κ2) is 5.40. The molecule has 1 nitrogen and oxygen atoms in total. The standard InChI is InChI=1S/C13H13Cl2NS/c1-8-3-4-9(11(15)7-8)12(16-2)13-10(14)5-6-17-13/h3-7,12,16H,1-2H3. The van der Waals surface area contributed by atoms with Crippen LogP contribution in [0.4, 0.5) is 0 Å². The Labute approximate surface area is 115 Å². The minimum atomic E-state index is 0.0515. The topological polar surface area (TPSA) is 12.0 Å². The van der Waals surface area contributed by atoms with E-state index in [2.05, 4.69) is 17.4 Å². The molecule has 0 fully saturated rings. The molecule has 1 aromatic carbocycles. The van der Waals surface area contributed by atoms with E-state index in [0.717, 1.165) is 26.0 Å². The second-order valence-electron chi connectivity index (χ2n) is 3.88. The van der Waals surface area contributed by atoms with Gasteiger partial charge in [-0.25, -0.2) is 0 Å². The number of hydrogen-bond acceptors (Lipinski definition) is 2. The molecule has 0 aliphatic carbocycles. The summed E-state index contributed by atoms with van der Waals surface area (Å²) in [5, 5.41) is 6.81. The number of benzene rings is 1. The maximum Gasteiger partial charge on any atom is 0.0698 e. The van der Waals surface area contributed by atoms with Crippen molar-refractivity contribution in [1.82, 2.24) is 5.32 Å². The largest absolute Gasteiger partial charge is 0.309 e. The van der Waals surface area contributed by atoms with Gasteiger partial charge in [0, 0.05) is 9.90 Å². The highest BCUT2D eigenvalue weighted by molar-refractivity contribution is 7.10. The predicted molar refractivity (Wildman–Crippen MR) is 76.4 cm³/mol. The van der Waals surface area contributed by atoms with E-state index in [9.17, 15) is 0 Å². The Bertz CT molecular complexity index is 522. The minimum absolute atomic E-state index is 0.0515. The summed E-state index contributed by atoms with van der Waals surface area (Å²) in [5.74, 6) is 0. The van der Waals surface area contributed by atoms with Crippen molar-refractivity contribution in [2.24, 2.45) is 0 Å². The van der Waals surface area contributed by atoms with Crippen LogP contribution in [0.15, 0.2) is 29.6 Å². The third-order valence-corrected chi connectivity index (χ3v) is 4.41. The molecular formula is C13H13Cl2NS. The zero-order chi connectivity index (χ0) is 12.4. The van der Waals surface area contributed by atoms with Crippen molar-refractivity contribution in [3.05, 3.63) is 55.7 Å². The monoisotopic (exact) mass is 285 g/mol. The Kier molecular flexibility index (Phi) is 4.10.